The first kappa shape index (κ1) is 15.8. The third-order valence-electron chi connectivity index (χ3n) is 3.12. The van der Waals surface area contributed by atoms with Crippen molar-refractivity contribution in [3.63, 3.8) is 0 Å². The average molecular weight is 354 g/mol. The maximum Gasteiger partial charge on any atom is 0.283 e. The molecular formula is C14H20BrN5O. The Balaban J connectivity index is 2.20. The van der Waals surface area contributed by atoms with Crippen LogP contribution in [0.15, 0.2) is 27.9 Å². The van der Waals surface area contributed by atoms with Gasteiger partial charge in [-0.15, -0.1) is 0 Å². The molecule has 6 nitrogen and oxygen atoms in total. The third-order valence-corrected chi connectivity index (χ3v) is 3.88. The Morgan fingerprint density at radius 3 is 2.71 bits per heavy atom. The molecule has 2 aromatic heterocycles. The number of anilines is 2. The Morgan fingerprint density at radius 1 is 1.33 bits per heavy atom. The molecule has 0 spiro atoms. The van der Waals surface area contributed by atoms with Gasteiger partial charge in [0.2, 0.25) is 0 Å². The van der Waals surface area contributed by atoms with Crippen LogP contribution in [0.3, 0.4) is 0 Å². The van der Waals surface area contributed by atoms with Crippen LogP contribution in [0.1, 0.15) is 39.7 Å². The SMILES string of the molecule is CCCCn1ncc(Nc2cnn(C(C)C)c2)c(Br)c1=O. The van der Waals surface area contributed by atoms with Gasteiger partial charge >= 0.3 is 0 Å². The number of rotatable bonds is 6. The van der Waals surface area contributed by atoms with Crippen LogP contribution >= 0.6 is 15.9 Å². The lowest BCUT2D eigenvalue weighted by Crippen LogP contribution is -2.24. The first-order chi connectivity index (χ1) is 10.0. The first-order valence-electron chi connectivity index (χ1n) is 7.09. The summed E-state index contributed by atoms with van der Waals surface area (Å²) in [5.74, 6) is 0. The number of aryl methyl sites for hydroxylation is 1. The number of nitrogens with one attached hydrogen (secondary N) is 1. The second-order valence-electron chi connectivity index (χ2n) is 5.18. The molecule has 114 valence electrons. The van der Waals surface area contributed by atoms with Crippen molar-refractivity contribution < 1.29 is 0 Å². The lowest BCUT2D eigenvalue weighted by atomic mass is 10.3. The highest BCUT2D eigenvalue weighted by Gasteiger charge is 2.10. The van der Waals surface area contributed by atoms with Crippen LogP contribution < -0.4 is 10.9 Å². The highest BCUT2D eigenvalue weighted by atomic mass is 79.9. The maximum absolute atomic E-state index is 12.2. The summed E-state index contributed by atoms with van der Waals surface area (Å²) >= 11 is 3.35. The van der Waals surface area contributed by atoms with Crippen LogP contribution in [0.4, 0.5) is 11.4 Å². The van der Waals surface area contributed by atoms with Crippen LogP contribution in [-0.2, 0) is 6.54 Å². The van der Waals surface area contributed by atoms with Crippen LogP contribution in [0.25, 0.3) is 0 Å². The molecule has 0 atom stereocenters. The third kappa shape index (κ3) is 3.72. The van der Waals surface area contributed by atoms with Gasteiger partial charge in [-0.3, -0.25) is 9.48 Å². The monoisotopic (exact) mass is 353 g/mol. The summed E-state index contributed by atoms with van der Waals surface area (Å²) in [6, 6.07) is 0.296. The maximum atomic E-state index is 12.2. The van der Waals surface area contributed by atoms with Gasteiger partial charge in [0.15, 0.2) is 0 Å². The normalized spacial score (nSPS) is 11.1. The quantitative estimate of drug-likeness (QED) is 0.864. The van der Waals surface area contributed by atoms with E-state index in [1.165, 1.54) is 4.68 Å². The molecule has 21 heavy (non-hydrogen) atoms. The van der Waals surface area contributed by atoms with E-state index in [4.69, 9.17) is 0 Å². The van der Waals surface area contributed by atoms with E-state index in [2.05, 4.69) is 52.2 Å². The van der Waals surface area contributed by atoms with Crippen molar-refractivity contribution in [2.24, 2.45) is 0 Å². The molecule has 0 aliphatic carbocycles. The largest absolute Gasteiger partial charge is 0.351 e. The number of nitrogens with zero attached hydrogens (tertiary/aromatic N) is 4. The summed E-state index contributed by atoms with van der Waals surface area (Å²) in [5, 5.41) is 11.6. The van der Waals surface area contributed by atoms with Gasteiger partial charge in [-0.1, -0.05) is 13.3 Å². The van der Waals surface area contributed by atoms with E-state index in [1.807, 2.05) is 10.9 Å². The molecule has 0 amide bonds. The van der Waals surface area contributed by atoms with Gasteiger partial charge in [0.05, 0.1) is 23.8 Å². The van der Waals surface area contributed by atoms with Crippen molar-refractivity contribution in [1.29, 1.82) is 0 Å². The van der Waals surface area contributed by atoms with Crippen LogP contribution in [-0.4, -0.2) is 19.6 Å². The van der Waals surface area contributed by atoms with Crippen molar-refractivity contribution in [3.8, 4) is 0 Å². The second kappa shape index (κ2) is 6.89. The molecule has 7 heteroatoms. The van der Waals surface area contributed by atoms with E-state index >= 15 is 0 Å². The average Bonchev–Trinajstić information content (AvgIpc) is 2.92. The smallest absolute Gasteiger partial charge is 0.283 e. The first-order valence-corrected chi connectivity index (χ1v) is 7.89. The Bertz CT molecular complexity index is 662. The van der Waals surface area contributed by atoms with Crippen LogP contribution in [0.5, 0.6) is 0 Å². The van der Waals surface area contributed by atoms with Crippen molar-refractivity contribution >= 4 is 27.3 Å². The zero-order valence-electron chi connectivity index (χ0n) is 12.5. The van der Waals surface area contributed by atoms with Crippen molar-refractivity contribution in [2.75, 3.05) is 5.32 Å². The van der Waals surface area contributed by atoms with Gasteiger partial charge < -0.3 is 5.32 Å². The Kier molecular flexibility index (Phi) is 5.17. The summed E-state index contributed by atoms with van der Waals surface area (Å²) in [4.78, 5) is 12.2. The van der Waals surface area contributed by atoms with Crippen molar-refractivity contribution in [2.45, 2.75) is 46.2 Å². The van der Waals surface area contributed by atoms with E-state index in [1.54, 1.807) is 12.4 Å². The van der Waals surface area contributed by atoms with E-state index in [-0.39, 0.29) is 5.56 Å². The van der Waals surface area contributed by atoms with Gasteiger partial charge in [-0.25, -0.2) is 4.68 Å². The Morgan fingerprint density at radius 2 is 2.10 bits per heavy atom. The summed E-state index contributed by atoms with van der Waals surface area (Å²) in [7, 11) is 0. The van der Waals surface area contributed by atoms with E-state index in [9.17, 15) is 4.79 Å². The fraction of sp³-hybridized carbons (Fsp3) is 0.500. The minimum Gasteiger partial charge on any atom is -0.351 e. The molecule has 0 aliphatic heterocycles. The zero-order valence-corrected chi connectivity index (χ0v) is 14.1. The Labute approximate surface area is 132 Å². The molecule has 2 aromatic rings. The topological polar surface area (TPSA) is 64.7 Å². The molecule has 1 N–H and O–H groups in total. The van der Waals surface area contributed by atoms with Crippen molar-refractivity contribution in [3.05, 3.63) is 33.4 Å². The minimum atomic E-state index is -0.121. The van der Waals surface area contributed by atoms with Crippen LogP contribution in [0, 0.1) is 0 Å². The predicted molar refractivity (Wildman–Crippen MR) is 87.0 cm³/mol. The minimum absolute atomic E-state index is 0.121. The Hall–Kier alpha value is -1.63. The van der Waals surface area contributed by atoms with Crippen molar-refractivity contribution in [1.82, 2.24) is 19.6 Å². The van der Waals surface area contributed by atoms with E-state index in [0.29, 0.717) is 22.7 Å². The molecule has 0 aromatic carbocycles. The lowest BCUT2D eigenvalue weighted by molar-refractivity contribution is 0.532. The number of hydrogen-bond acceptors (Lipinski definition) is 4. The molecule has 0 unspecified atom stereocenters. The zero-order chi connectivity index (χ0) is 15.4. The van der Waals surface area contributed by atoms with Gasteiger partial charge in [-0.2, -0.15) is 10.2 Å². The number of hydrogen-bond donors (Lipinski definition) is 1. The van der Waals surface area contributed by atoms with Gasteiger partial charge in [-0.05, 0) is 36.2 Å². The lowest BCUT2D eigenvalue weighted by Gasteiger charge is -2.09. The van der Waals surface area contributed by atoms with Gasteiger partial charge in [0, 0.05) is 18.8 Å². The molecule has 2 heterocycles. The molecular weight excluding hydrogens is 334 g/mol. The van der Waals surface area contributed by atoms with E-state index < -0.39 is 0 Å². The van der Waals surface area contributed by atoms with E-state index in [0.717, 1.165) is 18.5 Å². The molecule has 0 aliphatic rings. The molecule has 0 radical (unpaired) electrons. The number of aromatic nitrogens is 4. The fourth-order valence-electron chi connectivity index (χ4n) is 1.86. The molecule has 2 rings (SSSR count). The fourth-order valence-corrected chi connectivity index (χ4v) is 2.27. The highest BCUT2D eigenvalue weighted by molar-refractivity contribution is 9.10. The second-order valence-corrected chi connectivity index (χ2v) is 5.97. The predicted octanol–water partition coefficient (Wildman–Crippen LogP) is 3.33. The van der Waals surface area contributed by atoms with Gasteiger partial charge in [0.25, 0.3) is 5.56 Å². The molecule has 0 fully saturated rings. The molecule has 0 saturated heterocycles. The number of unbranched alkanes of at least 4 members (excludes halogenated alkanes) is 1. The standard InChI is InChI=1S/C14H20BrN5O/c1-4-5-6-19-14(21)13(15)12(8-17-19)18-11-7-16-20(9-11)10(2)3/h7-10,18H,4-6H2,1-3H3. The summed E-state index contributed by atoms with van der Waals surface area (Å²) in [6.07, 6.45) is 7.26. The van der Waals surface area contributed by atoms with Crippen LogP contribution in [0.2, 0.25) is 0 Å². The van der Waals surface area contributed by atoms with Gasteiger partial charge in [0.1, 0.15) is 4.47 Å². The molecule has 0 bridgehead atoms. The summed E-state index contributed by atoms with van der Waals surface area (Å²) < 4.78 is 3.83. The number of halogens is 1. The summed E-state index contributed by atoms with van der Waals surface area (Å²) in [6.45, 7) is 6.84. The highest BCUT2D eigenvalue weighted by Crippen LogP contribution is 2.22. The summed E-state index contributed by atoms with van der Waals surface area (Å²) in [5.41, 5.74) is 1.36. The molecule has 0 saturated carbocycles.